The molecule has 1 atom stereocenters. The van der Waals surface area contributed by atoms with E-state index in [1.807, 2.05) is 13.8 Å². The van der Waals surface area contributed by atoms with Gasteiger partial charge in [0.1, 0.15) is 6.04 Å². The van der Waals surface area contributed by atoms with E-state index in [9.17, 15) is 9.59 Å². The van der Waals surface area contributed by atoms with E-state index in [4.69, 9.17) is 11.6 Å². The van der Waals surface area contributed by atoms with Crippen molar-refractivity contribution in [3.63, 3.8) is 0 Å². The van der Waals surface area contributed by atoms with Gasteiger partial charge in [-0.05, 0) is 47.0 Å². The summed E-state index contributed by atoms with van der Waals surface area (Å²) < 4.78 is 0.774. The van der Waals surface area contributed by atoms with Crippen LogP contribution in [0.3, 0.4) is 0 Å². The van der Waals surface area contributed by atoms with Crippen LogP contribution < -0.4 is 5.32 Å². The van der Waals surface area contributed by atoms with Crippen molar-refractivity contribution in [2.75, 3.05) is 5.32 Å². The Hall–Kier alpha value is -1.07. The predicted octanol–water partition coefficient (Wildman–Crippen LogP) is 3.83. The number of hydrogen-bond donors (Lipinski definition) is 1. The van der Waals surface area contributed by atoms with Crippen LogP contribution in [0.2, 0.25) is 5.02 Å². The van der Waals surface area contributed by atoms with Crippen LogP contribution in [-0.4, -0.2) is 28.8 Å². The number of rotatable bonds is 5. The lowest BCUT2D eigenvalue weighted by atomic mass is 10.1. The van der Waals surface area contributed by atoms with Crippen LogP contribution in [0.4, 0.5) is 5.69 Å². The highest BCUT2D eigenvalue weighted by atomic mass is 79.9. The maximum Gasteiger partial charge on any atom is 0.252 e. The van der Waals surface area contributed by atoms with Gasteiger partial charge < -0.3 is 5.32 Å². The van der Waals surface area contributed by atoms with Crippen molar-refractivity contribution >= 4 is 45.0 Å². The van der Waals surface area contributed by atoms with E-state index in [0.29, 0.717) is 5.02 Å². The van der Waals surface area contributed by atoms with Gasteiger partial charge in [-0.15, -0.1) is 0 Å². The second kappa shape index (κ2) is 6.79. The Morgan fingerprint density at radius 2 is 2.05 bits per heavy atom. The molecule has 1 saturated heterocycles. The maximum absolute atomic E-state index is 12.5. The van der Waals surface area contributed by atoms with Gasteiger partial charge in [-0.1, -0.05) is 25.4 Å². The summed E-state index contributed by atoms with van der Waals surface area (Å²) in [4.78, 5) is 26.0. The van der Waals surface area contributed by atoms with Crippen molar-refractivity contribution in [3.8, 4) is 0 Å². The molecule has 0 saturated carbocycles. The molecule has 0 bridgehead atoms. The molecular formula is C15H18BrClN2O2. The SMILES string of the molecule is CCC(CC)N1C(=O)CC(Nc2ccc(Cl)cc2Br)C1=O. The molecule has 0 aliphatic carbocycles. The Morgan fingerprint density at radius 1 is 1.38 bits per heavy atom. The van der Waals surface area contributed by atoms with Gasteiger partial charge in [0.15, 0.2) is 0 Å². The fourth-order valence-electron chi connectivity index (χ4n) is 2.60. The van der Waals surface area contributed by atoms with Crippen LogP contribution >= 0.6 is 27.5 Å². The Kier molecular flexibility index (Phi) is 5.27. The molecule has 6 heteroatoms. The zero-order valence-electron chi connectivity index (χ0n) is 12.0. The molecule has 21 heavy (non-hydrogen) atoms. The molecule has 1 fully saturated rings. The number of imide groups is 1. The van der Waals surface area contributed by atoms with Crippen LogP contribution in [0.25, 0.3) is 0 Å². The van der Waals surface area contributed by atoms with Crippen molar-refractivity contribution in [1.82, 2.24) is 4.90 Å². The van der Waals surface area contributed by atoms with Crippen molar-refractivity contribution in [2.45, 2.75) is 45.2 Å². The molecule has 2 rings (SSSR count). The average molecular weight is 374 g/mol. The zero-order chi connectivity index (χ0) is 15.6. The fraction of sp³-hybridized carbons (Fsp3) is 0.467. The van der Waals surface area contributed by atoms with Crippen molar-refractivity contribution in [2.24, 2.45) is 0 Å². The lowest BCUT2D eigenvalue weighted by molar-refractivity contribution is -0.141. The van der Waals surface area contributed by atoms with Gasteiger partial charge in [0.25, 0.3) is 5.91 Å². The van der Waals surface area contributed by atoms with Crippen molar-refractivity contribution < 1.29 is 9.59 Å². The molecule has 4 nitrogen and oxygen atoms in total. The largest absolute Gasteiger partial charge is 0.372 e. The Morgan fingerprint density at radius 3 is 2.62 bits per heavy atom. The minimum Gasteiger partial charge on any atom is -0.372 e. The maximum atomic E-state index is 12.5. The Labute approximate surface area is 138 Å². The highest BCUT2D eigenvalue weighted by Crippen LogP contribution is 2.29. The second-order valence-corrected chi connectivity index (χ2v) is 6.39. The van der Waals surface area contributed by atoms with Gasteiger partial charge in [0, 0.05) is 21.2 Å². The first kappa shape index (κ1) is 16.3. The van der Waals surface area contributed by atoms with Gasteiger partial charge in [-0.2, -0.15) is 0 Å². The highest BCUT2D eigenvalue weighted by Gasteiger charge is 2.41. The summed E-state index contributed by atoms with van der Waals surface area (Å²) in [6.07, 6.45) is 1.76. The van der Waals surface area contributed by atoms with E-state index in [2.05, 4.69) is 21.2 Å². The molecule has 0 aromatic heterocycles. The number of carbonyl (C=O) groups is 2. The molecule has 1 aliphatic heterocycles. The molecular weight excluding hydrogens is 356 g/mol. The van der Waals surface area contributed by atoms with E-state index < -0.39 is 6.04 Å². The van der Waals surface area contributed by atoms with E-state index >= 15 is 0 Å². The molecule has 1 unspecified atom stereocenters. The number of benzene rings is 1. The minimum absolute atomic E-state index is 0.00883. The van der Waals surface area contributed by atoms with Crippen LogP contribution in [0.5, 0.6) is 0 Å². The van der Waals surface area contributed by atoms with Crippen molar-refractivity contribution in [3.05, 3.63) is 27.7 Å². The molecule has 1 heterocycles. The quantitative estimate of drug-likeness (QED) is 0.798. The average Bonchev–Trinajstić information content (AvgIpc) is 2.71. The Bertz CT molecular complexity index is 561. The third-order valence-corrected chi connectivity index (χ3v) is 4.64. The summed E-state index contributed by atoms with van der Waals surface area (Å²) in [7, 11) is 0. The monoisotopic (exact) mass is 372 g/mol. The summed E-state index contributed by atoms with van der Waals surface area (Å²) in [5.41, 5.74) is 0.761. The summed E-state index contributed by atoms with van der Waals surface area (Å²) in [6.45, 7) is 3.98. The number of nitrogens with one attached hydrogen (secondary N) is 1. The number of hydrogen-bond acceptors (Lipinski definition) is 3. The first-order valence-corrected chi connectivity index (χ1v) is 8.22. The van der Waals surface area contributed by atoms with Crippen LogP contribution in [0.1, 0.15) is 33.1 Å². The third kappa shape index (κ3) is 3.40. The lowest BCUT2D eigenvalue weighted by Gasteiger charge is -2.24. The highest BCUT2D eigenvalue weighted by molar-refractivity contribution is 9.10. The summed E-state index contributed by atoms with van der Waals surface area (Å²) in [6, 6.07) is 4.78. The fourth-order valence-corrected chi connectivity index (χ4v) is 3.39. The summed E-state index contributed by atoms with van der Waals surface area (Å²) in [5, 5.41) is 3.74. The normalized spacial score (nSPS) is 18.7. The molecule has 1 N–H and O–H groups in total. The van der Waals surface area contributed by atoms with E-state index in [-0.39, 0.29) is 24.3 Å². The molecule has 0 spiro atoms. The summed E-state index contributed by atoms with van der Waals surface area (Å²) >= 11 is 9.30. The van der Waals surface area contributed by atoms with Gasteiger partial charge in [0.05, 0.1) is 6.42 Å². The molecule has 0 radical (unpaired) electrons. The van der Waals surface area contributed by atoms with Gasteiger partial charge in [0.2, 0.25) is 5.91 Å². The number of amides is 2. The molecule has 2 amide bonds. The number of likely N-dealkylation sites (tertiary alicyclic amines) is 1. The zero-order valence-corrected chi connectivity index (χ0v) is 14.4. The second-order valence-electron chi connectivity index (χ2n) is 5.10. The first-order chi connectivity index (χ1) is 9.97. The third-order valence-electron chi connectivity index (χ3n) is 3.75. The summed E-state index contributed by atoms with van der Waals surface area (Å²) in [5.74, 6) is -0.244. The number of halogens is 2. The van der Waals surface area contributed by atoms with Crippen LogP contribution in [0.15, 0.2) is 22.7 Å². The number of carbonyl (C=O) groups excluding carboxylic acids is 2. The van der Waals surface area contributed by atoms with E-state index in [0.717, 1.165) is 23.0 Å². The Balaban J connectivity index is 2.15. The topological polar surface area (TPSA) is 49.4 Å². The van der Waals surface area contributed by atoms with Gasteiger partial charge >= 0.3 is 0 Å². The van der Waals surface area contributed by atoms with Crippen molar-refractivity contribution in [1.29, 1.82) is 0 Å². The molecule has 1 aromatic rings. The predicted molar refractivity (Wildman–Crippen MR) is 87.4 cm³/mol. The number of nitrogens with zero attached hydrogens (tertiary/aromatic N) is 1. The number of anilines is 1. The molecule has 1 aromatic carbocycles. The van der Waals surface area contributed by atoms with Gasteiger partial charge in [-0.25, -0.2) is 0 Å². The molecule has 114 valence electrons. The van der Waals surface area contributed by atoms with E-state index in [1.165, 1.54) is 4.90 Å². The van der Waals surface area contributed by atoms with Gasteiger partial charge in [-0.3, -0.25) is 14.5 Å². The first-order valence-electron chi connectivity index (χ1n) is 7.05. The smallest absolute Gasteiger partial charge is 0.252 e. The van der Waals surface area contributed by atoms with E-state index in [1.54, 1.807) is 18.2 Å². The standard InChI is InChI=1S/C15H18BrClN2O2/c1-3-10(4-2)19-14(20)8-13(15(19)21)18-12-6-5-9(17)7-11(12)16/h5-7,10,13,18H,3-4,8H2,1-2H3. The minimum atomic E-state index is -0.504. The van der Waals surface area contributed by atoms with Crippen LogP contribution in [0, 0.1) is 0 Å². The lowest BCUT2D eigenvalue weighted by Crippen LogP contribution is -2.41. The molecule has 1 aliphatic rings. The van der Waals surface area contributed by atoms with Crippen LogP contribution in [-0.2, 0) is 9.59 Å².